The van der Waals surface area contributed by atoms with E-state index in [1.54, 1.807) is 12.1 Å². The summed E-state index contributed by atoms with van der Waals surface area (Å²) in [7, 11) is -5.21. The molecule has 196 valence electrons. The Kier molecular flexibility index (Phi) is 6.61. The lowest BCUT2D eigenvalue weighted by Crippen LogP contribution is -2.40. The molecule has 0 saturated carbocycles. The number of anilines is 1. The highest BCUT2D eigenvalue weighted by molar-refractivity contribution is 7.92. The van der Waals surface area contributed by atoms with Crippen molar-refractivity contribution in [3.63, 3.8) is 0 Å². The van der Waals surface area contributed by atoms with Crippen LogP contribution < -0.4 is 4.31 Å². The predicted molar refractivity (Wildman–Crippen MR) is 158 cm³/mol. The van der Waals surface area contributed by atoms with Crippen molar-refractivity contribution in [1.29, 1.82) is 0 Å². The van der Waals surface area contributed by atoms with Gasteiger partial charge in [0.2, 0.25) is 0 Å². The summed E-state index contributed by atoms with van der Waals surface area (Å²) < 4.78 is 43.4. The first-order chi connectivity index (χ1) is 18.8. The maximum absolute atomic E-state index is 14.0. The first-order valence-corrected chi connectivity index (χ1v) is 15.6. The van der Waals surface area contributed by atoms with Gasteiger partial charge in [-0.25, -0.2) is 12.6 Å². The topological polar surface area (TPSA) is 54.5 Å². The van der Waals surface area contributed by atoms with Crippen LogP contribution in [0.2, 0.25) is 0 Å². The smallest absolute Gasteiger partial charge is 0.264 e. The summed E-state index contributed by atoms with van der Waals surface area (Å²) >= 11 is 0. The molecule has 0 N–H and O–H groups in total. The summed E-state index contributed by atoms with van der Waals surface area (Å²) in [6, 6.07) is 32.5. The van der Waals surface area contributed by atoms with Crippen LogP contribution >= 0.6 is 0 Å². The zero-order chi connectivity index (χ0) is 27.1. The molecule has 1 aliphatic heterocycles. The molecule has 4 aromatic carbocycles. The Morgan fingerprint density at radius 2 is 1.36 bits per heavy atom. The maximum Gasteiger partial charge on any atom is 0.264 e. The van der Waals surface area contributed by atoms with Gasteiger partial charge in [0.1, 0.15) is 0 Å². The summed E-state index contributed by atoms with van der Waals surface area (Å²) in [6.07, 6.45) is 4.24. The van der Waals surface area contributed by atoms with Gasteiger partial charge in [-0.05, 0) is 55.3 Å². The normalized spacial score (nSPS) is 19.4. The van der Waals surface area contributed by atoms with Crippen molar-refractivity contribution >= 4 is 32.1 Å². The highest BCUT2D eigenvalue weighted by atomic mass is 32.2. The number of sulfonamides is 1. The van der Waals surface area contributed by atoms with E-state index in [-0.39, 0.29) is 23.3 Å². The number of hydrogen-bond acceptors (Lipinski definition) is 3. The SMILES string of the molecule is Cc1ccc([S@](=O)C2=C[C@H]3CN(S(=O)(=O)c4ccc(C)cc4)c4ccccc4C3=C[C@H]2c2ccccc2)cc1. The standard InChI is InChI=1S/C33H29NO3S2/c1-23-12-16-27(17-13-23)38(35)33-20-26-22-34(39(36,37)28-18-14-24(2)15-19-28)32-11-7-6-10-29(32)30(26)21-31(33)25-8-4-3-5-9-25/h3-21,26,31H,22H2,1-2H3/t26-,31-,38-/m0/s1. The number of hydrogen-bond donors (Lipinski definition) is 0. The second kappa shape index (κ2) is 10.1. The van der Waals surface area contributed by atoms with Crippen molar-refractivity contribution in [3.8, 4) is 0 Å². The van der Waals surface area contributed by atoms with Crippen LogP contribution in [-0.4, -0.2) is 19.2 Å². The highest BCUT2D eigenvalue weighted by Gasteiger charge is 2.39. The van der Waals surface area contributed by atoms with Gasteiger partial charge in [-0.1, -0.05) is 96.1 Å². The number of fused-ring (bicyclic) bond motifs is 3. The first-order valence-electron chi connectivity index (χ1n) is 13.0. The predicted octanol–water partition coefficient (Wildman–Crippen LogP) is 7.00. The molecule has 6 heteroatoms. The third-order valence-electron chi connectivity index (χ3n) is 7.48. The summed E-state index contributed by atoms with van der Waals surface area (Å²) in [5.74, 6) is -0.419. The Morgan fingerprint density at radius 3 is 2.05 bits per heavy atom. The molecule has 0 aromatic heterocycles. The van der Waals surface area contributed by atoms with E-state index in [1.165, 1.54) is 4.31 Å². The van der Waals surface area contributed by atoms with Gasteiger partial charge in [0.25, 0.3) is 10.0 Å². The van der Waals surface area contributed by atoms with E-state index in [4.69, 9.17) is 0 Å². The minimum Gasteiger partial charge on any atom is -0.265 e. The number of rotatable bonds is 5. The Labute approximate surface area is 232 Å². The van der Waals surface area contributed by atoms with Crippen molar-refractivity contribution < 1.29 is 12.6 Å². The molecule has 0 bridgehead atoms. The van der Waals surface area contributed by atoms with Gasteiger partial charge < -0.3 is 0 Å². The van der Waals surface area contributed by atoms with Crippen LogP contribution in [0.4, 0.5) is 5.69 Å². The van der Waals surface area contributed by atoms with E-state index >= 15 is 0 Å². The Morgan fingerprint density at radius 1 is 0.744 bits per heavy atom. The van der Waals surface area contributed by atoms with Gasteiger partial charge in [-0.15, -0.1) is 0 Å². The average Bonchev–Trinajstić information content (AvgIpc) is 2.96. The Hall–Kier alpha value is -3.74. The van der Waals surface area contributed by atoms with Crippen LogP contribution in [-0.2, 0) is 20.8 Å². The average molecular weight is 552 g/mol. The zero-order valence-corrected chi connectivity index (χ0v) is 23.5. The quantitative estimate of drug-likeness (QED) is 0.268. The second-order valence-corrected chi connectivity index (χ2v) is 13.5. The molecule has 1 aliphatic carbocycles. The minimum atomic E-state index is -3.80. The molecule has 39 heavy (non-hydrogen) atoms. The fourth-order valence-corrected chi connectivity index (χ4v) is 8.28. The molecule has 3 atom stereocenters. The van der Waals surface area contributed by atoms with E-state index in [0.717, 1.165) is 37.6 Å². The maximum atomic E-state index is 14.0. The van der Waals surface area contributed by atoms with E-state index in [9.17, 15) is 12.6 Å². The lowest BCUT2D eigenvalue weighted by molar-refractivity contribution is 0.586. The molecule has 0 amide bonds. The van der Waals surface area contributed by atoms with Crippen molar-refractivity contribution in [2.75, 3.05) is 10.8 Å². The second-order valence-electron chi connectivity index (χ2n) is 10.1. The summed E-state index contributed by atoms with van der Waals surface area (Å²) in [5.41, 5.74) is 5.80. The number of para-hydroxylation sites is 1. The third-order valence-corrected chi connectivity index (χ3v) is 10.8. The summed E-state index contributed by atoms with van der Waals surface area (Å²) in [4.78, 5) is 1.79. The lowest BCUT2D eigenvalue weighted by Gasteiger charge is -2.39. The van der Waals surface area contributed by atoms with E-state index in [2.05, 4.69) is 24.3 Å². The van der Waals surface area contributed by atoms with E-state index in [1.807, 2.05) is 92.7 Å². The van der Waals surface area contributed by atoms with Crippen LogP contribution in [0.1, 0.15) is 28.2 Å². The van der Waals surface area contributed by atoms with Gasteiger partial charge in [0.05, 0.1) is 21.4 Å². The molecule has 1 heterocycles. The van der Waals surface area contributed by atoms with Crippen LogP contribution in [0, 0.1) is 19.8 Å². The van der Waals surface area contributed by atoms with E-state index < -0.39 is 20.8 Å². The monoisotopic (exact) mass is 551 g/mol. The zero-order valence-electron chi connectivity index (χ0n) is 21.8. The molecular formula is C33H29NO3S2. The Balaban J connectivity index is 1.50. The number of allylic oxidation sites excluding steroid dienone is 2. The third kappa shape index (κ3) is 4.68. The molecule has 4 nitrogen and oxygen atoms in total. The van der Waals surface area contributed by atoms with Crippen LogP contribution in [0.5, 0.6) is 0 Å². The largest absolute Gasteiger partial charge is 0.265 e. The molecule has 2 aliphatic rings. The van der Waals surface area contributed by atoms with Crippen molar-refractivity contribution in [1.82, 2.24) is 0 Å². The fraction of sp³-hybridized carbons (Fsp3) is 0.152. The number of nitrogens with zero attached hydrogens (tertiary/aromatic N) is 1. The van der Waals surface area contributed by atoms with Crippen molar-refractivity contribution in [3.05, 3.63) is 142 Å². The number of benzene rings is 4. The summed E-state index contributed by atoms with van der Waals surface area (Å²) in [6.45, 7) is 4.20. The molecule has 0 saturated heterocycles. The van der Waals surface area contributed by atoms with Gasteiger partial charge in [-0.2, -0.15) is 0 Å². The van der Waals surface area contributed by atoms with Gasteiger partial charge in [0, 0.05) is 33.7 Å². The first kappa shape index (κ1) is 25.5. The molecule has 0 spiro atoms. The molecular weight excluding hydrogens is 523 g/mol. The van der Waals surface area contributed by atoms with Crippen LogP contribution in [0.25, 0.3) is 5.57 Å². The van der Waals surface area contributed by atoms with Crippen molar-refractivity contribution in [2.45, 2.75) is 29.6 Å². The fourth-order valence-electron chi connectivity index (χ4n) is 5.39. The lowest BCUT2D eigenvalue weighted by atomic mass is 9.79. The number of aryl methyl sites for hydroxylation is 2. The van der Waals surface area contributed by atoms with Crippen LogP contribution in [0.3, 0.4) is 0 Å². The van der Waals surface area contributed by atoms with Gasteiger partial charge in [0.15, 0.2) is 0 Å². The highest BCUT2D eigenvalue weighted by Crippen LogP contribution is 2.48. The Bertz CT molecular complexity index is 1720. The van der Waals surface area contributed by atoms with Gasteiger partial charge in [-0.3, -0.25) is 4.31 Å². The van der Waals surface area contributed by atoms with Gasteiger partial charge >= 0.3 is 0 Å². The van der Waals surface area contributed by atoms with Crippen molar-refractivity contribution in [2.24, 2.45) is 5.92 Å². The molecule has 6 rings (SSSR count). The molecule has 4 aromatic rings. The molecule has 0 unspecified atom stereocenters. The molecule has 0 fully saturated rings. The minimum absolute atomic E-state index is 0.187. The summed E-state index contributed by atoms with van der Waals surface area (Å²) in [5, 5.41) is 0. The molecule has 0 radical (unpaired) electrons. The van der Waals surface area contributed by atoms with E-state index in [0.29, 0.717) is 5.69 Å². The van der Waals surface area contributed by atoms with Crippen LogP contribution in [0.15, 0.2) is 130 Å².